The zero-order valence-corrected chi connectivity index (χ0v) is 19.1. The molecule has 0 atom stereocenters. The van der Waals surface area contributed by atoms with Gasteiger partial charge in [-0.3, -0.25) is 4.79 Å². The fourth-order valence-electron chi connectivity index (χ4n) is 3.04. The van der Waals surface area contributed by atoms with Crippen LogP contribution in [0.2, 0.25) is 0 Å². The minimum Gasteiger partial charge on any atom is -0.490 e. The lowest BCUT2D eigenvalue weighted by atomic mass is 9.92. The second kappa shape index (κ2) is 10.3. The van der Waals surface area contributed by atoms with Crippen molar-refractivity contribution in [3.05, 3.63) is 51.5 Å². The summed E-state index contributed by atoms with van der Waals surface area (Å²) >= 11 is 3.40. The Morgan fingerprint density at radius 1 is 1.14 bits per heavy atom. The number of anilines is 1. The van der Waals surface area contributed by atoms with Crippen LogP contribution in [-0.2, 0) is 4.79 Å². The van der Waals surface area contributed by atoms with E-state index in [1.165, 1.54) is 0 Å². The van der Waals surface area contributed by atoms with Gasteiger partial charge in [0.15, 0.2) is 18.1 Å². The van der Waals surface area contributed by atoms with Gasteiger partial charge in [0, 0.05) is 11.8 Å². The maximum absolute atomic E-state index is 12.7. The van der Waals surface area contributed by atoms with Crippen LogP contribution in [0.4, 0.5) is 5.69 Å². The molecule has 1 N–H and O–H groups in total. The summed E-state index contributed by atoms with van der Waals surface area (Å²) in [5, 5.41) is 12.2. The molecule has 0 aliphatic rings. The van der Waals surface area contributed by atoms with Crippen LogP contribution < -0.4 is 14.8 Å². The molecular weight excluding hydrogens is 432 g/mol. The fraction of sp³-hybridized carbons (Fsp3) is 0.391. The average molecular weight is 459 g/mol. The Kier molecular flexibility index (Phi) is 8.10. The number of amides is 1. The number of rotatable bonds is 8. The Morgan fingerprint density at radius 2 is 1.76 bits per heavy atom. The molecule has 29 heavy (non-hydrogen) atoms. The number of benzene rings is 2. The summed E-state index contributed by atoms with van der Waals surface area (Å²) < 4.78 is 11.9. The van der Waals surface area contributed by atoms with Crippen LogP contribution in [-0.4, -0.2) is 19.1 Å². The largest absolute Gasteiger partial charge is 0.490 e. The van der Waals surface area contributed by atoms with Crippen molar-refractivity contribution in [1.82, 2.24) is 0 Å². The van der Waals surface area contributed by atoms with Gasteiger partial charge in [0.25, 0.3) is 5.91 Å². The molecule has 0 aromatic heterocycles. The predicted molar refractivity (Wildman–Crippen MR) is 119 cm³/mol. The summed E-state index contributed by atoms with van der Waals surface area (Å²) in [6, 6.07) is 11.4. The molecule has 5 nitrogen and oxygen atoms in total. The third-order valence-electron chi connectivity index (χ3n) is 4.42. The number of hydrogen-bond acceptors (Lipinski definition) is 4. The Balaban J connectivity index is 2.23. The number of ether oxygens (including phenoxy) is 2. The molecule has 0 radical (unpaired) electrons. The average Bonchev–Trinajstić information content (AvgIpc) is 2.67. The van der Waals surface area contributed by atoms with Crippen molar-refractivity contribution in [1.29, 1.82) is 5.26 Å². The molecule has 0 fully saturated rings. The molecule has 0 saturated heterocycles. The molecule has 6 heteroatoms. The van der Waals surface area contributed by atoms with Crippen LogP contribution in [0.25, 0.3) is 0 Å². The third kappa shape index (κ3) is 5.74. The van der Waals surface area contributed by atoms with Gasteiger partial charge in [-0.05, 0) is 51.9 Å². The lowest BCUT2D eigenvalue weighted by Gasteiger charge is -2.20. The minimum absolute atomic E-state index is 0.172. The number of nitriles is 1. The molecule has 0 aliphatic heterocycles. The van der Waals surface area contributed by atoms with Gasteiger partial charge in [-0.2, -0.15) is 5.26 Å². The molecule has 2 rings (SSSR count). The molecule has 154 valence electrons. The van der Waals surface area contributed by atoms with Crippen molar-refractivity contribution in [2.45, 2.75) is 46.5 Å². The quantitative estimate of drug-likeness (QED) is 0.527. The monoisotopic (exact) mass is 458 g/mol. The highest BCUT2D eigenvalue weighted by Gasteiger charge is 2.18. The van der Waals surface area contributed by atoms with Gasteiger partial charge in [-0.1, -0.05) is 45.9 Å². The van der Waals surface area contributed by atoms with Gasteiger partial charge in [0.2, 0.25) is 0 Å². The van der Waals surface area contributed by atoms with Gasteiger partial charge in [-0.25, -0.2) is 0 Å². The van der Waals surface area contributed by atoms with Gasteiger partial charge < -0.3 is 14.8 Å². The van der Waals surface area contributed by atoms with Crippen LogP contribution in [0.1, 0.15) is 63.1 Å². The lowest BCUT2D eigenvalue weighted by molar-refractivity contribution is -0.118. The predicted octanol–water partition coefficient (Wildman–Crippen LogP) is 5.98. The summed E-state index contributed by atoms with van der Waals surface area (Å²) in [4.78, 5) is 12.7. The van der Waals surface area contributed by atoms with Crippen LogP contribution in [0, 0.1) is 11.3 Å². The minimum atomic E-state index is -0.251. The van der Waals surface area contributed by atoms with Gasteiger partial charge >= 0.3 is 0 Å². The highest BCUT2D eigenvalue weighted by Crippen LogP contribution is 2.37. The zero-order valence-electron chi connectivity index (χ0n) is 17.5. The van der Waals surface area contributed by atoms with E-state index in [9.17, 15) is 4.79 Å². The van der Waals surface area contributed by atoms with E-state index in [0.29, 0.717) is 28.1 Å². The highest BCUT2D eigenvalue weighted by atomic mass is 79.9. The summed E-state index contributed by atoms with van der Waals surface area (Å²) in [6.07, 6.45) is 0. The molecule has 0 unspecified atom stereocenters. The molecule has 0 spiro atoms. The topological polar surface area (TPSA) is 71.3 Å². The van der Waals surface area contributed by atoms with Crippen molar-refractivity contribution in [3.63, 3.8) is 0 Å². The zero-order chi connectivity index (χ0) is 21.6. The first-order valence-electron chi connectivity index (χ1n) is 9.70. The summed E-state index contributed by atoms with van der Waals surface area (Å²) in [5.74, 6) is 1.14. The molecule has 0 aliphatic carbocycles. The molecular formula is C23H27BrN2O3. The number of halogens is 1. The summed E-state index contributed by atoms with van der Waals surface area (Å²) in [5.41, 5.74) is 3.50. The van der Waals surface area contributed by atoms with Crippen molar-refractivity contribution in [2.24, 2.45) is 0 Å². The smallest absolute Gasteiger partial charge is 0.262 e. The van der Waals surface area contributed by atoms with Gasteiger partial charge in [-0.15, -0.1) is 0 Å². The van der Waals surface area contributed by atoms with E-state index < -0.39 is 0 Å². The molecule has 0 bridgehead atoms. The van der Waals surface area contributed by atoms with E-state index in [4.69, 9.17) is 14.7 Å². The lowest BCUT2D eigenvalue weighted by Crippen LogP contribution is -2.22. The number of carbonyl (C=O) groups excluding carboxylic acids is 1. The van der Waals surface area contributed by atoms with Crippen molar-refractivity contribution >= 4 is 27.5 Å². The van der Waals surface area contributed by atoms with E-state index in [-0.39, 0.29) is 24.3 Å². The number of hydrogen-bond donors (Lipinski definition) is 1. The standard InChI is InChI=1S/C23H27BrN2O3/c1-6-28-20-11-16(12-25)10-19(24)23(20)29-13-21(27)26-22-17(14(2)3)8-7-9-18(22)15(4)5/h7-11,14-15H,6,13H2,1-5H3,(H,26,27). The SMILES string of the molecule is CCOc1cc(C#N)cc(Br)c1OCC(=O)Nc1c(C(C)C)cccc1C(C)C. The first-order chi connectivity index (χ1) is 13.8. The van der Waals surface area contributed by atoms with Crippen molar-refractivity contribution in [2.75, 3.05) is 18.5 Å². The first-order valence-corrected chi connectivity index (χ1v) is 10.5. The molecule has 1 amide bonds. The van der Waals surface area contributed by atoms with E-state index in [1.54, 1.807) is 12.1 Å². The van der Waals surface area contributed by atoms with Gasteiger partial charge in [0.1, 0.15) is 0 Å². The maximum atomic E-state index is 12.7. The number of carbonyl (C=O) groups is 1. The fourth-order valence-corrected chi connectivity index (χ4v) is 3.60. The second-order valence-electron chi connectivity index (χ2n) is 7.29. The molecule has 2 aromatic carbocycles. The molecule has 0 saturated carbocycles. The second-order valence-corrected chi connectivity index (χ2v) is 8.14. The Morgan fingerprint density at radius 3 is 2.28 bits per heavy atom. The molecule has 0 heterocycles. The Hall–Kier alpha value is -2.52. The van der Waals surface area contributed by atoms with Crippen LogP contribution in [0.15, 0.2) is 34.8 Å². The van der Waals surface area contributed by atoms with Crippen LogP contribution in [0.3, 0.4) is 0 Å². The van der Waals surface area contributed by atoms with E-state index >= 15 is 0 Å². The van der Waals surface area contributed by atoms with Crippen LogP contribution in [0.5, 0.6) is 11.5 Å². The van der Waals surface area contributed by atoms with Crippen molar-refractivity contribution < 1.29 is 14.3 Å². The third-order valence-corrected chi connectivity index (χ3v) is 5.01. The van der Waals surface area contributed by atoms with Crippen LogP contribution >= 0.6 is 15.9 Å². The number of nitrogens with one attached hydrogen (secondary N) is 1. The highest BCUT2D eigenvalue weighted by molar-refractivity contribution is 9.10. The van der Waals surface area contributed by atoms with E-state index in [0.717, 1.165) is 16.8 Å². The first kappa shape index (κ1) is 22.8. The Bertz CT molecular complexity index is 891. The number of nitrogens with zero attached hydrogens (tertiary/aromatic N) is 1. The van der Waals surface area contributed by atoms with Crippen molar-refractivity contribution in [3.8, 4) is 17.6 Å². The maximum Gasteiger partial charge on any atom is 0.262 e. The normalized spacial score (nSPS) is 10.7. The molecule has 2 aromatic rings. The Labute approximate surface area is 181 Å². The summed E-state index contributed by atoms with van der Waals surface area (Å²) in [7, 11) is 0. The summed E-state index contributed by atoms with van der Waals surface area (Å²) in [6.45, 7) is 10.5. The van der Waals surface area contributed by atoms with E-state index in [2.05, 4.69) is 55.0 Å². The van der Waals surface area contributed by atoms with Gasteiger partial charge in [0.05, 0.1) is 22.7 Å². The van der Waals surface area contributed by atoms with E-state index in [1.807, 2.05) is 25.1 Å². The number of para-hydroxylation sites is 1.